The quantitative estimate of drug-likeness (QED) is 0.483. The SMILES string of the molecule is Br.C.C.C.CN(C)CC(CBr)CBr.CN(C)CC(CN)CN. The van der Waals surface area contributed by atoms with Crippen LogP contribution >= 0.6 is 48.8 Å². The number of rotatable bonds is 8. The van der Waals surface area contributed by atoms with Gasteiger partial charge in [-0.2, -0.15) is 0 Å². The summed E-state index contributed by atoms with van der Waals surface area (Å²) < 4.78 is 0. The molecule has 22 heavy (non-hydrogen) atoms. The molecule has 7 heteroatoms. The van der Waals surface area contributed by atoms with Gasteiger partial charge in [-0.15, -0.1) is 17.0 Å². The predicted molar refractivity (Wildman–Crippen MR) is 120 cm³/mol. The summed E-state index contributed by atoms with van der Waals surface area (Å²) >= 11 is 6.90. The van der Waals surface area contributed by atoms with Crippen molar-refractivity contribution >= 4 is 48.8 Å². The van der Waals surface area contributed by atoms with Crippen LogP contribution in [0.15, 0.2) is 0 Å². The maximum absolute atomic E-state index is 5.42. The fraction of sp³-hybridized carbons (Fsp3) is 1.00. The lowest BCUT2D eigenvalue weighted by Crippen LogP contribution is -2.32. The van der Waals surface area contributed by atoms with E-state index in [0.29, 0.717) is 19.0 Å². The van der Waals surface area contributed by atoms with Gasteiger partial charge in [-0.1, -0.05) is 54.1 Å². The number of alkyl halides is 2. The number of hydrogen-bond donors (Lipinski definition) is 2. The first-order valence-electron chi connectivity index (χ1n) is 6.22. The van der Waals surface area contributed by atoms with E-state index in [0.717, 1.165) is 29.7 Å². The molecule has 0 heterocycles. The largest absolute Gasteiger partial charge is 0.330 e. The second-order valence-electron chi connectivity index (χ2n) is 5.04. The fourth-order valence-electron chi connectivity index (χ4n) is 1.42. The monoisotopic (exact) mass is 516 g/mol. The fourth-order valence-corrected chi connectivity index (χ4v) is 2.90. The van der Waals surface area contributed by atoms with Crippen LogP contribution in [0.2, 0.25) is 0 Å². The van der Waals surface area contributed by atoms with Crippen molar-refractivity contribution in [3.63, 3.8) is 0 Å². The molecule has 0 aliphatic rings. The van der Waals surface area contributed by atoms with E-state index in [4.69, 9.17) is 11.5 Å². The molecule has 0 radical (unpaired) electrons. The molecular weight excluding hydrogens is 476 g/mol. The zero-order chi connectivity index (χ0) is 14.6. The molecule has 4 N–H and O–H groups in total. The van der Waals surface area contributed by atoms with Crippen molar-refractivity contribution in [3.05, 3.63) is 0 Å². The number of halogens is 3. The molecule has 0 aliphatic heterocycles. The van der Waals surface area contributed by atoms with Crippen LogP contribution in [0, 0.1) is 11.8 Å². The van der Waals surface area contributed by atoms with Gasteiger partial charge in [0, 0.05) is 23.7 Å². The van der Waals surface area contributed by atoms with E-state index in [1.54, 1.807) is 0 Å². The molecule has 0 atom stereocenters. The first-order chi connectivity index (χ1) is 8.40. The van der Waals surface area contributed by atoms with Crippen molar-refractivity contribution in [1.29, 1.82) is 0 Å². The zero-order valence-corrected chi connectivity index (χ0v) is 17.5. The first kappa shape index (κ1) is 38.7. The van der Waals surface area contributed by atoms with E-state index in [1.165, 1.54) is 0 Å². The average molecular weight is 519 g/mol. The highest BCUT2D eigenvalue weighted by atomic mass is 79.9. The molecule has 0 saturated heterocycles. The van der Waals surface area contributed by atoms with Crippen LogP contribution in [-0.4, -0.2) is 74.8 Å². The third kappa shape index (κ3) is 29.3. The van der Waals surface area contributed by atoms with Crippen molar-refractivity contribution < 1.29 is 0 Å². The summed E-state index contributed by atoms with van der Waals surface area (Å²) in [4.78, 5) is 4.30. The maximum Gasteiger partial charge on any atom is 0.00798 e. The van der Waals surface area contributed by atoms with E-state index < -0.39 is 0 Å². The van der Waals surface area contributed by atoms with Crippen molar-refractivity contribution in [2.24, 2.45) is 23.3 Å². The van der Waals surface area contributed by atoms with E-state index in [1.807, 2.05) is 14.1 Å². The van der Waals surface area contributed by atoms with Crippen LogP contribution < -0.4 is 11.5 Å². The molecule has 0 aliphatic carbocycles. The standard InChI is InChI=1S/C6H13Br2N.C6H17N3.3CH4.BrH/c2*1-9(2)5-6(3-7)4-8;;;;/h6H,3-5H2,1-2H3;6H,3-5,7-8H2,1-2H3;3*1H4;1H. The van der Waals surface area contributed by atoms with E-state index in [9.17, 15) is 0 Å². The van der Waals surface area contributed by atoms with Crippen LogP contribution in [0.25, 0.3) is 0 Å². The molecule has 0 rings (SSSR count). The summed E-state index contributed by atoms with van der Waals surface area (Å²) in [6.45, 7) is 3.52. The van der Waals surface area contributed by atoms with Gasteiger partial charge in [0.2, 0.25) is 0 Å². The van der Waals surface area contributed by atoms with Gasteiger partial charge in [0.25, 0.3) is 0 Å². The molecular formula is C15H43Br3N4. The van der Waals surface area contributed by atoms with Gasteiger partial charge in [-0.25, -0.2) is 0 Å². The number of nitrogens with two attached hydrogens (primary N) is 2. The van der Waals surface area contributed by atoms with E-state index in [-0.39, 0.29) is 39.3 Å². The number of hydrogen-bond acceptors (Lipinski definition) is 4. The smallest absolute Gasteiger partial charge is 0.00798 e. The van der Waals surface area contributed by atoms with Crippen molar-refractivity contribution in [2.75, 3.05) is 65.0 Å². The Kier molecular flexibility index (Phi) is 47.7. The maximum atomic E-state index is 5.42. The minimum atomic E-state index is 0. The molecule has 0 amide bonds. The van der Waals surface area contributed by atoms with Gasteiger partial charge in [-0.3, -0.25) is 0 Å². The third-order valence-electron chi connectivity index (χ3n) is 2.35. The van der Waals surface area contributed by atoms with Gasteiger partial charge >= 0.3 is 0 Å². The van der Waals surface area contributed by atoms with E-state index >= 15 is 0 Å². The predicted octanol–water partition coefficient (Wildman–Crippen LogP) is 3.52. The molecule has 0 bridgehead atoms. The first-order valence-corrected chi connectivity index (χ1v) is 8.46. The van der Waals surface area contributed by atoms with Crippen LogP contribution in [0.5, 0.6) is 0 Å². The molecule has 0 aromatic heterocycles. The Balaban J connectivity index is -0.0000000492. The molecule has 0 aromatic rings. The summed E-state index contributed by atoms with van der Waals surface area (Å²) in [6.07, 6.45) is 0. The molecule has 4 nitrogen and oxygen atoms in total. The Morgan fingerprint density at radius 3 is 1.09 bits per heavy atom. The van der Waals surface area contributed by atoms with Crippen molar-refractivity contribution in [1.82, 2.24) is 9.80 Å². The topological polar surface area (TPSA) is 58.5 Å². The molecule has 0 spiro atoms. The third-order valence-corrected chi connectivity index (χ3v) is 4.18. The van der Waals surface area contributed by atoms with Crippen LogP contribution in [0.3, 0.4) is 0 Å². The summed E-state index contributed by atoms with van der Waals surface area (Å²) in [5.74, 6) is 1.19. The lowest BCUT2D eigenvalue weighted by atomic mass is 10.1. The Morgan fingerprint density at radius 1 is 0.727 bits per heavy atom. The minimum Gasteiger partial charge on any atom is -0.330 e. The van der Waals surface area contributed by atoms with Crippen LogP contribution in [0.4, 0.5) is 0 Å². The van der Waals surface area contributed by atoms with Crippen LogP contribution in [0.1, 0.15) is 22.3 Å². The number of nitrogens with zero attached hydrogens (tertiary/aromatic N) is 2. The van der Waals surface area contributed by atoms with Crippen LogP contribution in [-0.2, 0) is 0 Å². The highest BCUT2D eigenvalue weighted by Crippen LogP contribution is 2.05. The summed E-state index contributed by atoms with van der Waals surface area (Å²) in [5.41, 5.74) is 10.8. The Morgan fingerprint density at radius 2 is 1.00 bits per heavy atom. The molecule has 0 saturated carbocycles. The molecule has 0 fully saturated rings. The molecule has 0 aromatic carbocycles. The van der Waals surface area contributed by atoms with Crippen molar-refractivity contribution in [3.8, 4) is 0 Å². The zero-order valence-electron chi connectivity index (χ0n) is 12.6. The lowest BCUT2D eigenvalue weighted by molar-refractivity contribution is 0.333. The van der Waals surface area contributed by atoms with Gasteiger partial charge < -0.3 is 21.3 Å². The van der Waals surface area contributed by atoms with Gasteiger partial charge in [-0.05, 0) is 53.1 Å². The Labute approximate surface area is 168 Å². The van der Waals surface area contributed by atoms with Crippen molar-refractivity contribution in [2.45, 2.75) is 22.3 Å². The summed E-state index contributed by atoms with van der Waals surface area (Å²) in [5, 5.41) is 2.16. The minimum absolute atomic E-state index is 0. The highest BCUT2D eigenvalue weighted by molar-refractivity contribution is 9.09. The van der Waals surface area contributed by atoms with Gasteiger partial charge in [0.15, 0.2) is 0 Å². The second-order valence-corrected chi connectivity index (χ2v) is 6.33. The molecule has 0 unspecified atom stereocenters. The van der Waals surface area contributed by atoms with Gasteiger partial charge in [0.05, 0.1) is 0 Å². The van der Waals surface area contributed by atoms with E-state index in [2.05, 4.69) is 55.8 Å². The second kappa shape index (κ2) is 27.1. The summed E-state index contributed by atoms with van der Waals surface area (Å²) in [6, 6.07) is 0. The Bertz CT molecular complexity index is 147. The van der Waals surface area contributed by atoms with Gasteiger partial charge in [0.1, 0.15) is 0 Å². The normalized spacial score (nSPS) is 9.27. The summed E-state index contributed by atoms with van der Waals surface area (Å²) in [7, 11) is 8.24. The lowest BCUT2D eigenvalue weighted by Gasteiger charge is -2.16. The molecule has 144 valence electrons. The highest BCUT2D eigenvalue weighted by Gasteiger charge is 2.05. The average Bonchev–Trinajstić information content (AvgIpc) is 2.33. The Hall–Kier alpha value is 1.28.